The molecule has 0 bridgehead atoms. The van der Waals surface area contributed by atoms with E-state index in [1.807, 2.05) is 12.2 Å². The average molecular weight is 399 g/mol. The van der Waals surface area contributed by atoms with Crippen molar-refractivity contribution in [1.82, 2.24) is 0 Å². The predicted octanol–water partition coefficient (Wildman–Crippen LogP) is 4.40. The van der Waals surface area contributed by atoms with E-state index in [0.29, 0.717) is 6.42 Å². The number of carbonyl (C=O) groups excluding carboxylic acids is 1. The van der Waals surface area contributed by atoms with Crippen LogP contribution in [0.3, 0.4) is 0 Å². The number of Topliss-reactive ketones (excluding diaryl/α,β-unsaturated/α-hetero) is 1. The molecule has 0 aromatic heterocycles. The minimum atomic E-state index is -4.86. The van der Waals surface area contributed by atoms with Crippen molar-refractivity contribution in [3.8, 4) is 0 Å². The molecule has 3 unspecified atom stereocenters. The number of hydrogen-bond donors (Lipinski definition) is 2. The smallest absolute Gasteiger partial charge is 0.402 e. The summed E-state index contributed by atoms with van der Waals surface area (Å²) in [5.74, 6) is -4.11. The number of alkyl halides is 3. The molecule has 3 atom stereocenters. The Hall–Kier alpha value is -1.86. The Morgan fingerprint density at radius 3 is 2.43 bits per heavy atom. The molecule has 0 spiro atoms. The maximum Gasteiger partial charge on any atom is 0.402 e. The van der Waals surface area contributed by atoms with Gasteiger partial charge in [0.2, 0.25) is 0 Å². The van der Waals surface area contributed by atoms with Gasteiger partial charge in [0.25, 0.3) is 0 Å². The summed E-state index contributed by atoms with van der Waals surface area (Å²) in [4.78, 5) is 13.1. The third-order valence-corrected chi connectivity index (χ3v) is 5.02. The summed E-state index contributed by atoms with van der Waals surface area (Å²) in [6.07, 6.45) is 6.03. The fraction of sp³-hybridized carbons (Fsp3) is 0.571. The van der Waals surface area contributed by atoms with E-state index in [1.54, 1.807) is 32.9 Å². The van der Waals surface area contributed by atoms with Gasteiger partial charge in [0.05, 0.1) is 6.61 Å². The Bertz CT molecular complexity index is 715. The lowest BCUT2D eigenvalue weighted by Crippen LogP contribution is -2.56. The number of ketones is 1. The topological polar surface area (TPSA) is 72.5 Å². The first kappa shape index (κ1) is 22.4. The number of ether oxygens (including phenoxy) is 1. The zero-order valence-corrected chi connectivity index (χ0v) is 16.4. The summed E-state index contributed by atoms with van der Waals surface area (Å²) in [6, 6.07) is 0. The second kappa shape index (κ2) is 7.87. The first-order chi connectivity index (χ1) is 12.9. The van der Waals surface area contributed by atoms with Gasteiger partial charge in [-0.2, -0.15) is 13.2 Å². The highest BCUT2D eigenvalue weighted by atomic mass is 19.4. The molecule has 7 heteroatoms. The Kier molecular flexibility index (Phi) is 6.31. The highest BCUT2D eigenvalue weighted by molar-refractivity contribution is 5.91. The van der Waals surface area contributed by atoms with Crippen LogP contribution < -0.4 is 5.73 Å². The average Bonchev–Trinajstić information content (AvgIpc) is 2.58. The third kappa shape index (κ3) is 4.75. The van der Waals surface area contributed by atoms with Crippen molar-refractivity contribution in [3.63, 3.8) is 0 Å². The maximum absolute atomic E-state index is 13.9. The van der Waals surface area contributed by atoms with Gasteiger partial charge in [-0.3, -0.25) is 4.79 Å². The van der Waals surface area contributed by atoms with E-state index in [0.717, 1.165) is 12.2 Å². The van der Waals surface area contributed by atoms with Crippen LogP contribution in [0.1, 0.15) is 33.6 Å². The van der Waals surface area contributed by atoms with Crippen LogP contribution in [0.2, 0.25) is 0 Å². The van der Waals surface area contributed by atoms with Crippen molar-refractivity contribution in [3.05, 3.63) is 48.3 Å². The molecule has 0 aliphatic heterocycles. The zero-order valence-electron chi connectivity index (χ0n) is 16.4. The van der Waals surface area contributed by atoms with E-state index in [1.165, 1.54) is 6.08 Å². The largest absolute Gasteiger partial charge is 0.512 e. The lowest BCUT2D eigenvalue weighted by molar-refractivity contribution is -0.225. The summed E-state index contributed by atoms with van der Waals surface area (Å²) >= 11 is 0. The molecule has 2 rings (SSSR count). The minimum absolute atomic E-state index is 0.136. The van der Waals surface area contributed by atoms with E-state index < -0.39 is 40.1 Å². The van der Waals surface area contributed by atoms with E-state index >= 15 is 0 Å². The number of carbonyl (C=O) groups is 1. The molecule has 156 valence electrons. The van der Waals surface area contributed by atoms with Crippen molar-refractivity contribution in [1.29, 1.82) is 0 Å². The standard InChI is InChI=1S/C21H28F3NO3/c1-18(2,3)12-16(27)20(11-7-8-15(26)17(20)21(22,23)24)28-14-19(13-25)9-5-4-6-10-19/h4-9,11,17,26H,10,12-14,25H2,1-3H3. The minimum Gasteiger partial charge on any atom is -0.512 e. The molecule has 0 saturated carbocycles. The van der Waals surface area contributed by atoms with Gasteiger partial charge in [0.15, 0.2) is 17.3 Å². The highest BCUT2D eigenvalue weighted by Crippen LogP contribution is 2.46. The Morgan fingerprint density at radius 2 is 1.93 bits per heavy atom. The van der Waals surface area contributed by atoms with Gasteiger partial charge in [0, 0.05) is 18.4 Å². The van der Waals surface area contributed by atoms with E-state index in [-0.39, 0.29) is 19.6 Å². The molecule has 0 amide bonds. The van der Waals surface area contributed by atoms with Crippen molar-refractivity contribution in [2.45, 2.75) is 45.4 Å². The number of hydrogen-bond acceptors (Lipinski definition) is 4. The molecule has 0 heterocycles. The van der Waals surface area contributed by atoms with Crippen LogP contribution in [-0.2, 0) is 9.53 Å². The van der Waals surface area contributed by atoms with Gasteiger partial charge in [-0.15, -0.1) is 0 Å². The monoisotopic (exact) mass is 399 g/mol. The van der Waals surface area contributed by atoms with Gasteiger partial charge in [0.1, 0.15) is 5.76 Å². The maximum atomic E-state index is 13.9. The zero-order chi connectivity index (χ0) is 21.2. The van der Waals surface area contributed by atoms with E-state index in [4.69, 9.17) is 10.5 Å². The van der Waals surface area contributed by atoms with Crippen molar-refractivity contribution >= 4 is 5.78 Å². The SMILES string of the molecule is CC(C)(C)CC(=O)C1(OCC2(CN)C=CC=CC2)C=CC=C(O)C1C(F)(F)F. The molecule has 2 aliphatic rings. The number of aliphatic hydroxyl groups is 1. The molecule has 2 aliphatic carbocycles. The van der Waals surface area contributed by atoms with Gasteiger partial charge < -0.3 is 15.6 Å². The van der Waals surface area contributed by atoms with Crippen LogP contribution in [0, 0.1) is 16.7 Å². The van der Waals surface area contributed by atoms with Crippen LogP contribution in [0.25, 0.3) is 0 Å². The number of nitrogens with two attached hydrogens (primary N) is 1. The second-order valence-corrected chi connectivity index (χ2v) is 8.73. The van der Waals surface area contributed by atoms with Crippen LogP contribution in [0.5, 0.6) is 0 Å². The molecule has 3 N–H and O–H groups in total. The van der Waals surface area contributed by atoms with Crippen molar-refractivity contribution < 1.29 is 27.8 Å². The molecule has 0 aromatic rings. The first-order valence-electron chi connectivity index (χ1n) is 9.22. The molecule has 28 heavy (non-hydrogen) atoms. The molecule has 0 radical (unpaired) electrons. The lowest BCUT2D eigenvalue weighted by atomic mass is 9.73. The van der Waals surface area contributed by atoms with E-state index in [2.05, 4.69) is 0 Å². The van der Waals surface area contributed by atoms with Crippen LogP contribution in [-0.4, -0.2) is 35.8 Å². The molecule has 0 aromatic carbocycles. The fourth-order valence-corrected chi connectivity index (χ4v) is 3.49. The van der Waals surface area contributed by atoms with E-state index in [9.17, 15) is 23.1 Å². The van der Waals surface area contributed by atoms with Gasteiger partial charge in [-0.25, -0.2) is 0 Å². The van der Waals surface area contributed by atoms with Gasteiger partial charge in [-0.1, -0.05) is 51.2 Å². The third-order valence-electron chi connectivity index (χ3n) is 5.02. The molecular weight excluding hydrogens is 371 g/mol. The van der Waals surface area contributed by atoms with Crippen molar-refractivity contribution in [2.75, 3.05) is 13.2 Å². The summed E-state index contributed by atoms with van der Waals surface area (Å²) in [5.41, 5.74) is 2.29. The Labute approximate surface area is 163 Å². The Balaban J connectivity index is 2.46. The molecule has 0 saturated heterocycles. The van der Waals surface area contributed by atoms with Crippen molar-refractivity contribution in [2.24, 2.45) is 22.5 Å². The van der Waals surface area contributed by atoms with Crippen LogP contribution in [0.4, 0.5) is 13.2 Å². The summed E-state index contributed by atoms with van der Waals surface area (Å²) in [6.45, 7) is 5.27. The highest BCUT2D eigenvalue weighted by Gasteiger charge is 2.60. The normalized spacial score (nSPS) is 30.4. The first-order valence-corrected chi connectivity index (χ1v) is 9.22. The van der Waals surface area contributed by atoms with Gasteiger partial charge in [-0.05, 0) is 24.0 Å². The van der Waals surface area contributed by atoms with Gasteiger partial charge >= 0.3 is 6.18 Å². The summed E-state index contributed by atoms with van der Waals surface area (Å²) < 4.78 is 47.5. The second-order valence-electron chi connectivity index (χ2n) is 8.73. The molecule has 0 fully saturated rings. The molecular formula is C21H28F3NO3. The number of allylic oxidation sites excluding steroid dienone is 5. The van der Waals surface area contributed by atoms with Crippen LogP contribution in [0.15, 0.2) is 48.3 Å². The summed E-state index contributed by atoms with van der Waals surface area (Å²) in [7, 11) is 0. The molecule has 4 nitrogen and oxygen atoms in total. The van der Waals surface area contributed by atoms with Crippen LogP contribution >= 0.6 is 0 Å². The fourth-order valence-electron chi connectivity index (χ4n) is 3.49. The predicted molar refractivity (Wildman–Crippen MR) is 102 cm³/mol. The number of aliphatic hydroxyl groups excluding tert-OH is 1. The Morgan fingerprint density at radius 1 is 1.25 bits per heavy atom. The quantitative estimate of drug-likeness (QED) is 0.694. The lowest BCUT2D eigenvalue weighted by Gasteiger charge is -2.42. The number of rotatable bonds is 6. The summed E-state index contributed by atoms with van der Waals surface area (Å²) in [5, 5.41) is 10.1. The number of halogens is 3.